The maximum Gasteiger partial charge on any atom is 0.245 e. The zero-order chi connectivity index (χ0) is 26.1. The Bertz CT molecular complexity index is 1340. The van der Waals surface area contributed by atoms with Crippen molar-refractivity contribution in [1.29, 1.82) is 5.26 Å². The van der Waals surface area contributed by atoms with Gasteiger partial charge in [-0.3, -0.25) is 9.59 Å². The van der Waals surface area contributed by atoms with Crippen LogP contribution in [-0.2, 0) is 26.0 Å². The van der Waals surface area contributed by atoms with Gasteiger partial charge in [0.15, 0.2) is 0 Å². The number of amides is 2. The normalized spacial score (nSPS) is 11.7. The minimum atomic E-state index is -4.19. The van der Waals surface area contributed by atoms with Crippen molar-refractivity contribution >= 4 is 33.2 Å². The van der Waals surface area contributed by atoms with Crippen LogP contribution in [0.25, 0.3) is 0 Å². The van der Waals surface area contributed by atoms with E-state index < -0.39 is 33.6 Å². The third-order valence-corrected chi connectivity index (χ3v) is 6.60. The summed E-state index contributed by atoms with van der Waals surface area (Å²) in [5.41, 5.74) is 2.07. The summed E-state index contributed by atoms with van der Waals surface area (Å²) in [5, 5.41) is 11.4. The van der Waals surface area contributed by atoms with E-state index in [-0.39, 0.29) is 6.42 Å². The van der Waals surface area contributed by atoms with Crippen LogP contribution in [0.3, 0.4) is 0 Å². The number of hydrogen-bond acceptors (Lipinski definition) is 6. The molecule has 0 saturated heterocycles. The molecule has 10 heteroatoms. The molecule has 2 amide bonds. The van der Waals surface area contributed by atoms with E-state index >= 15 is 0 Å². The fourth-order valence-corrected chi connectivity index (χ4v) is 4.57. The first-order valence-electron chi connectivity index (χ1n) is 11.0. The Morgan fingerprint density at radius 1 is 1.00 bits per heavy atom. The topological polar surface area (TPSA) is 129 Å². The summed E-state index contributed by atoms with van der Waals surface area (Å²) in [4.78, 5) is 27.1. The molecule has 9 nitrogen and oxygen atoms in total. The number of nitrogens with zero attached hydrogens (tertiary/aromatic N) is 2. The van der Waals surface area contributed by atoms with Crippen LogP contribution < -0.4 is 19.7 Å². The summed E-state index contributed by atoms with van der Waals surface area (Å²) in [6.45, 7) is 0. The minimum Gasteiger partial charge on any atom is -0.497 e. The number of methoxy groups -OCH3 is 1. The molecule has 0 aliphatic heterocycles. The molecule has 0 fully saturated rings. The lowest BCUT2D eigenvalue weighted by Crippen LogP contribution is -2.50. The van der Waals surface area contributed by atoms with E-state index in [9.17, 15) is 18.0 Å². The Balaban J connectivity index is 1.75. The predicted molar refractivity (Wildman–Crippen MR) is 137 cm³/mol. The molecule has 0 radical (unpaired) electrons. The van der Waals surface area contributed by atoms with Crippen molar-refractivity contribution < 1.29 is 22.7 Å². The minimum absolute atomic E-state index is 0.0939. The Morgan fingerprint density at radius 2 is 1.64 bits per heavy atom. The second kappa shape index (κ2) is 12.0. The quantitative estimate of drug-likeness (QED) is 0.435. The first-order chi connectivity index (χ1) is 17.2. The highest BCUT2D eigenvalue weighted by Gasteiger charge is 2.29. The van der Waals surface area contributed by atoms with Gasteiger partial charge in [0, 0.05) is 18.4 Å². The summed E-state index contributed by atoms with van der Waals surface area (Å²) in [5.74, 6) is -1.52. The molecule has 0 aliphatic carbocycles. The van der Waals surface area contributed by atoms with Crippen molar-refractivity contribution in [2.24, 2.45) is 0 Å². The van der Waals surface area contributed by atoms with Gasteiger partial charge in [-0.25, -0.2) is 13.1 Å². The van der Waals surface area contributed by atoms with Gasteiger partial charge < -0.3 is 15.0 Å². The first kappa shape index (κ1) is 26.4. The number of carbonyl (C=O) groups excluding carboxylic acids is 2. The standard InChI is InChI=1S/C26H26N4O5S/c1-30(22-12-14-23(35-2)15-13-22)26(32)24(16-19-6-4-3-5-7-19)29-36(33,34)18-25(31)28-21-10-8-20(17-27)9-11-21/h3-15,24,29H,16,18H2,1-2H3,(H,28,31)/t24-/m0/s1. The second-order valence-electron chi connectivity index (χ2n) is 7.95. The lowest BCUT2D eigenvalue weighted by Gasteiger charge is -2.25. The van der Waals surface area contributed by atoms with E-state index in [4.69, 9.17) is 10.00 Å². The number of benzene rings is 3. The molecule has 0 aliphatic rings. The van der Waals surface area contributed by atoms with Gasteiger partial charge in [0.25, 0.3) is 0 Å². The SMILES string of the molecule is COc1ccc(N(C)C(=O)[C@H](Cc2ccccc2)NS(=O)(=O)CC(=O)Nc2ccc(C#N)cc2)cc1. The average Bonchev–Trinajstić information content (AvgIpc) is 2.88. The summed E-state index contributed by atoms with van der Waals surface area (Å²) >= 11 is 0. The summed E-state index contributed by atoms with van der Waals surface area (Å²) in [6, 6.07) is 22.6. The number of nitriles is 1. The number of hydrogen-bond donors (Lipinski definition) is 2. The molecule has 36 heavy (non-hydrogen) atoms. The van der Waals surface area contributed by atoms with E-state index in [1.807, 2.05) is 12.1 Å². The van der Waals surface area contributed by atoms with E-state index in [0.29, 0.717) is 22.7 Å². The van der Waals surface area contributed by atoms with Crippen LogP contribution in [0.2, 0.25) is 0 Å². The summed E-state index contributed by atoms with van der Waals surface area (Å²) < 4.78 is 33.3. The molecule has 0 aromatic heterocycles. The van der Waals surface area contributed by atoms with Crippen molar-refractivity contribution in [1.82, 2.24) is 4.72 Å². The summed E-state index contributed by atoms with van der Waals surface area (Å²) in [6.07, 6.45) is 0.0939. The third kappa shape index (κ3) is 7.40. The third-order valence-electron chi connectivity index (χ3n) is 5.31. The zero-order valence-electron chi connectivity index (χ0n) is 19.8. The van der Waals surface area contributed by atoms with Crippen LogP contribution in [-0.4, -0.2) is 46.2 Å². The van der Waals surface area contributed by atoms with E-state index in [1.165, 1.54) is 36.3 Å². The number of rotatable bonds is 10. The fraction of sp³-hybridized carbons (Fsp3) is 0.192. The molecular formula is C26H26N4O5S. The molecule has 3 rings (SSSR count). The molecule has 186 valence electrons. The lowest BCUT2D eigenvalue weighted by atomic mass is 10.1. The molecule has 0 spiro atoms. The number of anilines is 2. The Kier molecular flexibility index (Phi) is 8.78. The fourth-order valence-electron chi connectivity index (χ4n) is 3.45. The van der Waals surface area contributed by atoms with Crippen molar-refractivity contribution in [3.05, 3.63) is 90.0 Å². The smallest absolute Gasteiger partial charge is 0.245 e. The number of likely N-dealkylation sites (N-methyl/N-ethyl adjacent to an activating group) is 1. The van der Waals surface area contributed by atoms with Crippen LogP contribution in [0.4, 0.5) is 11.4 Å². The highest BCUT2D eigenvalue weighted by Crippen LogP contribution is 2.20. The maximum atomic E-state index is 13.4. The van der Waals surface area contributed by atoms with Crippen molar-refractivity contribution in [2.45, 2.75) is 12.5 Å². The number of carbonyl (C=O) groups is 2. The van der Waals surface area contributed by atoms with Gasteiger partial charge in [-0.05, 0) is 60.5 Å². The van der Waals surface area contributed by atoms with Gasteiger partial charge in [-0.2, -0.15) is 5.26 Å². The Morgan fingerprint density at radius 3 is 2.22 bits per heavy atom. The molecule has 3 aromatic rings. The van der Waals surface area contributed by atoms with E-state index in [2.05, 4.69) is 10.0 Å². The Labute approximate surface area is 210 Å². The lowest BCUT2D eigenvalue weighted by molar-refractivity contribution is -0.120. The van der Waals surface area contributed by atoms with E-state index in [1.54, 1.807) is 55.6 Å². The van der Waals surface area contributed by atoms with Crippen LogP contribution in [0.5, 0.6) is 5.75 Å². The molecule has 3 aromatic carbocycles. The van der Waals surface area contributed by atoms with Crippen LogP contribution >= 0.6 is 0 Å². The van der Waals surface area contributed by atoms with Gasteiger partial charge >= 0.3 is 0 Å². The summed E-state index contributed by atoms with van der Waals surface area (Å²) in [7, 11) is -1.10. The molecule has 0 heterocycles. The number of nitrogens with one attached hydrogen (secondary N) is 2. The number of ether oxygens (including phenoxy) is 1. The van der Waals surface area contributed by atoms with Crippen LogP contribution in [0.15, 0.2) is 78.9 Å². The molecule has 1 atom stereocenters. The molecule has 0 unspecified atom stereocenters. The van der Waals surface area contributed by atoms with Crippen molar-refractivity contribution in [3.63, 3.8) is 0 Å². The van der Waals surface area contributed by atoms with Crippen molar-refractivity contribution in [2.75, 3.05) is 30.1 Å². The zero-order valence-corrected chi connectivity index (χ0v) is 20.7. The average molecular weight is 507 g/mol. The monoisotopic (exact) mass is 506 g/mol. The number of sulfonamides is 1. The predicted octanol–water partition coefficient (Wildman–Crippen LogP) is 2.70. The van der Waals surface area contributed by atoms with Crippen molar-refractivity contribution in [3.8, 4) is 11.8 Å². The second-order valence-corrected chi connectivity index (χ2v) is 9.71. The largest absolute Gasteiger partial charge is 0.497 e. The highest BCUT2D eigenvalue weighted by molar-refractivity contribution is 7.90. The van der Waals surface area contributed by atoms with Gasteiger partial charge in [-0.1, -0.05) is 30.3 Å². The molecule has 0 bridgehead atoms. The Hall–Kier alpha value is -4.20. The van der Waals surface area contributed by atoms with Gasteiger partial charge in [0.1, 0.15) is 17.5 Å². The first-order valence-corrected chi connectivity index (χ1v) is 12.6. The van der Waals surface area contributed by atoms with Gasteiger partial charge in [0.05, 0.1) is 18.7 Å². The molecular weight excluding hydrogens is 480 g/mol. The van der Waals surface area contributed by atoms with Crippen LogP contribution in [0, 0.1) is 11.3 Å². The molecule has 0 saturated carbocycles. The van der Waals surface area contributed by atoms with Crippen LogP contribution in [0.1, 0.15) is 11.1 Å². The van der Waals surface area contributed by atoms with E-state index in [0.717, 1.165) is 5.56 Å². The van der Waals surface area contributed by atoms with Gasteiger partial charge in [-0.15, -0.1) is 0 Å². The maximum absolute atomic E-state index is 13.4. The van der Waals surface area contributed by atoms with Gasteiger partial charge in [0.2, 0.25) is 21.8 Å². The molecule has 2 N–H and O–H groups in total. The highest BCUT2D eigenvalue weighted by atomic mass is 32.2.